The molecule has 7 aromatic rings. The van der Waals surface area contributed by atoms with Crippen LogP contribution < -0.4 is 26.2 Å². The monoisotopic (exact) mass is 854 g/mol. The molecule has 0 aromatic heterocycles. The summed E-state index contributed by atoms with van der Waals surface area (Å²) in [6, 6.07) is 53.6. The van der Waals surface area contributed by atoms with Gasteiger partial charge in [0, 0.05) is 43.5 Å². The fraction of sp³-hybridized carbons (Fsp3) is 0.323. The quantitative estimate of drug-likeness (QED) is 0.159. The molecule has 0 spiro atoms. The lowest BCUT2D eigenvalue weighted by Crippen LogP contribution is -2.62. The number of aryl methyl sites for hydroxylation is 1. The minimum atomic E-state index is -2.39. The van der Waals surface area contributed by atoms with E-state index in [1.807, 2.05) is 12.1 Å². The average molecular weight is 854 g/mol. The summed E-state index contributed by atoms with van der Waals surface area (Å²) in [6.45, 7) is 25.3. The molecule has 65 heavy (non-hydrogen) atoms. The summed E-state index contributed by atoms with van der Waals surface area (Å²) in [5.41, 5.74) is 19.3. The second kappa shape index (κ2) is 14.9. The maximum Gasteiger partial charge on any atom is 0.252 e. The maximum atomic E-state index is 9.18. The number of benzene rings is 7. The van der Waals surface area contributed by atoms with Crippen LogP contribution in [0.15, 0.2) is 146 Å². The zero-order chi connectivity index (χ0) is 48.5. The zero-order valence-corrected chi connectivity index (χ0v) is 40.7. The van der Waals surface area contributed by atoms with Crippen LogP contribution in [0.2, 0.25) is 0 Å². The fourth-order valence-corrected chi connectivity index (χ4v) is 11.2. The molecule has 0 fully saturated rings. The summed E-state index contributed by atoms with van der Waals surface area (Å²) in [4.78, 5) is 4.85. The smallest absolute Gasteiger partial charge is 0.252 e. The zero-order valence-electron chi connectivity index (χ0n) is 43.7. The van der Waals surface area contributed by atoms with E-state index in [4.69, 9.17) is 0 Å². The van der Waals surface area contributed by atoms with Crippen molar-refractivity contribution in [3.63, 3.8) is 0 Å². The number of rotatable bonds is 5. The highest BCUT2D eigenvalue weighted by Crippen LogP contribution is 2.52. The Kier molecular flexibility index (Phi) is 9.05. The van der Waals surface area contributed by atoms with Gasteiger partial charge in [-0.05, 0) is 151 Å². The Labute approximate surface area is 395 Å². The summed E-state index contributed by atoms with van der Waals surface area (Å²) >= 11 is 0. The highest BCUT2D eigenvalue weighted by Gasteiger charge is 2.47. The van der Waals surface area contributed by atoms with Gasteiger partial charge in [-0.1, -0.05) is 180 Å². The van der Waals surface area contributed by atoms with Gasteiger partial charge in [-0.15, -0.1) is 0 Å². The largest absolute Gasteiger partial charge is 0.311 e. The Morgan fingerprint density at radius 1 is 0.477 bits per heavy atom. The Hall–Kier alpha value is -5.80. The second-order valence-corrected chi connectivity index (χ2v) is 23.2. The van der Waals surface area contributed by atoms with Crippen LogP contribution >= 0.6 is 0 Å². The number of anilines is 6. The van der Waals surface area contributed by atoms with E-state index in [0.29, 0.717) is 5.56 Å². The van der Waals surface area contributed by atoms with Crippen LogP contribution in [0.25, 0.3) is 11.1 Å². The molecule has 2 aliphatic heterocycles. The van der Waals surface area contributed by atoms with E-state index in [0.717, 1.165) is 63.6 Å². The number of hydrogen-bond acceptors (Lipinski definition) is 2. The Morgan fingerprint density at radius 2 is 1.05 bits per heavy atom. The maximum absolute atomic E-state index is 9.18. The summed E-state index contributed by atoms with van der Waals surface area (Å²) in [7, 11) is 0. The lowest BCUT2D eigenvalue weighted by Gasteiger charge is -2.48. The van der Waals surface area contributed by atoms with E-state index < -0.39 is 6.85 Å². The third-order valence-corrected chi connectivity index (χ3v) is 15.4. The van der Waals surface area contributed by atoms with Gasteiger partial charge in [0.15, 0.2) is 0 Å². The highest BCUT2D eigenvalue weighted by atomic mass is 15.2. The summed E-state index contributed by atoms with van der Waals surface area (Å²) in [5, 5.41) is 0. The van der Waals surface area contributed by atoms with Gasteiger partial charge in [0.2, 0.25) is 0 Å². The molecule has 0 bridgehead atoms. The van der Waals surface area contributed by atoms with Crippen LogP contribution in [0, 0.1) is 6.85 Å². The molecular weight excluding hydrogens is 784 g/mol. The highest BCUT2D eigenvalue weighted by molar-refractivity contribution is 7.00. The average Bonchev–Trinajstić information content (AvgIpc) is 3.29. The number of hydrogen-bond donors (Lipinski definition) is 0. The predicted molar refractivity (Wildman–Crippen MR) is 282 cm³/mol. The first kappa shape index (κ1) is 39.6. The van der Waals surface area contributed by atoms with Crippen molar-refractivity contribution in [1.29, 1.82) is 0 Å². The summed E-state index contributed by atoms with van der Waals surface area (Å²) in [5.74, 6) is 0. The first-order valence-corrected chi connectivity index (χ1v) is 23.8. The van der Waals surface area contributed by atoms with Crippen molar-refractivity contribution >= 4 is 57.2 Å². The minimum absolute atomic E-state index is 0.0387. The molecule has 7 aromatic carbocycles. The van der Waals surface area contributed by atoms with Crippen LogP contribution in [-0.4, -0.2) is 6.71 Å². The molecule has 1 aliphatic carbocycles. The van der Waals surface area contributed by atoms with Gasteiger partial charge >= 0.3 is 0 Å². The van der Waals surface area contributed by atoms with Crippen molar-refractivity contribution in [2.45, 2.75) is 130 Å². The topological polar surface area (TPSA) is 6.48 Å². The van der Waals surface area contributed by atoms with Crippen molar-refractivity contribution in [3.8, 4) is 11.1 Å². The molecule has 3 aliphatic rings. The van der Waals surface area contributed by atoms with Crippen LogP contribution in [0.4, 0.5) is 34.1 Å². The van der Waals surface area contributed by atoms with Crippen molar-refractivity contribution in [3.05, 3.63) is 185 Å². The minimum Gasteiger partial charge on any atom is -0.311 e. The van der Waals surface area contributed by atoms with Gasteiger partial charge in [-0.2, -0.15) is 0 Å². The predicted octanol–water partition coefficient (Wildman–Crippen LogP) is 15.0. The SMILES string of the molecule is [2H]C([2H])([2H])c1cc2c3c(c1)N(c1ccc(C(C)(C)C)cc1-c1ccccc1)c1cc4c(cc1B3c1ccc(C(C)(C)c3ccccc3)cc1N2c1cccc(C(C)(C)C)c1)C(C)(C)CCC4(C)C. The van der Waals surface area contributed by atoms with Gasteiger partial charge in [-0.25, -0.2) is 0 Å². The Bertz CT molecular complexity index is 3110. The van der Waals surface area contributed by atoms with Crippen molar-refractivity contribution < 1.29 is 4.11 Å². The lowest BCUT2D eigenvalue weighted by atomic mass is 9.33. The van der Waals surface area contributed by atoms with Crippen molar-refractivity contribution in [2.75, 3.05) is 9.80 Å². The molecule has 3 heteroatoms. The number of nitrogens with zero attached hydrogens (tertiary/aromatic N) is 2. The standard InChI is InChI=1S/C62H67BN2/c1-40-33-55-57-56(34-40)65(52-30-28-44(59(5,6)7)36-47(52)41-21-16-14-17-22-41)54-39-49-48(60(8,9)31-32-61(49,10)11)38-51(54)63(57)50-29-27-45(62(12,13)42-23-18-15-19-24-42)37-53(50)64(55)46-26-20-25-43(35-46)58(2,3)4/h14-30,33-39H,31-32H2,1-13H3/i1D3. The molecule has 2 nitrogen and oxygen atoms in total. The second-order valence-electron chi connectivity index (χ2n) is 23.2. The van der Waals surface area contributed by atoms with Crippen LogP contribution in [0.3, 0.4) is 0 Å². The molecule has 0 radical (unpaired) electrons. The van der Waals surface area contributed by atoms with E-state index in [1.165, 1.54) is 44.3 Å². The van der Waals surface area contributed by atoms with Gasteiger partial charge < -0.3 is 9.80 Å². The first-order valence-electron chi connectivity index (χ1n) is 25.3. The lowest BCUT2D eigenvalue weighted by molar-refractivity contribution is 0.332. The van der Waals surface area contributed by atoms with E-state index in [-0.39, 0.29) is 33.8 Å². The van der Waals surface area contributed by atoms with E-state index >= 15 is 0 Å². The summed E-state index contributed by atoms with van der Waals surface area (Å²) < 4.78 is 27.5. The van der Waals surface area contributed by atoms with E-state index in [1.54, 1.807) is 0 Å². The van der Waals surface area contributed by atoms with Gasteiger partial charge in [0.1, 0.15) is 0 Å². The Balaban J connectivity index is 1.37. The molecule has 0 amide bonds. The first-order chi connectivity index (χ1) is 31.9. The van der Waals surface area contributed by atoms with Gasteiger partial charge in [-0.3, -0.25) is 0 Å². The van der Waals surface area contributed by atoms with Crippen LogP contribution in [0.1, 0.15) is 139 Å². The molecular formula is C62H67BN2. The third-order valence-electron chi connectivity index (χ3n) is 15.4. The Morgan fingerprint density at radius 3 is 1.69 bits per heavy atom. The molecule has 10 rings (SSSR count). The molecule has 0 atom stereocenters. The molecule has 2 heterocycles. The fourth-order valence-electron chi connectivity index (χ4n) is 11.2. The van der Waals surface area contributed by atoms with Gasteiger partial charge in [0.05, 0.1) is 5.69 Å². The molecule has 328 valence electrons. The molecule has 0 saturated carbocycles. The summed E-state index contributed by atoms with van der Waals surface area (Å²) in [6.07, 6.45) is 2.18. The molecule has 0 N–H and O–H groups in total. The van der Waals surface area contributed by atoms with Crippen LogP contribution in [0.5, 0.6) is 0 Å². The van der Waals surface area contributed by atoms with E-state index in [2.05, 4.69) is 226 Å². The van der Waals surface area contributed by atoms with Crippen molar-refractivity contribution in [1.82, 2.24) is 0 Å². The third kappa shape index (κ3) is 7.08. The van der Waals surface area contributed by atoms with Crippen LogP contribution in [-0.2, 0) is 27.1 Å². The molecule has 0 saturated heterocycles. The van der Waals surface area contributed by atoms with Gasteiger partial charge in [0.25, 0.3) is 6.71 Å². The normalized spacial score (nSPS) is 17.0. The van der Waals surface area contributed by atoms with Crippen molar-refractivity contribution in [2.24, 2.45) is 0 Å². The molecule has 0 unspecified atom stereocenters. The number of fused-ring (bicyclic) bond motifs is 5. The van der Waals surface area contributed by atoms with E-state index in [9.17, 15) is 4.11 Å².